The minimum Gasteiger partial charge on any atom is -0.350 e. The van der Waals surface area contributed by atoms with Crippen LogP contribution >= 0.6 is 27.5 Å². The number of hydrogen-bond acceptors (Lipinski definition) is 7. The Bertz CT molecular complexity index is 1550. The Balaban J connectivity index is 1.74. The Hall–Kier alpha value is -3.85. The summed E-state index contributed by atoms with van der Waals surface area (Å²) in [7, 11) is 0. The number of hydrogen-bond donors (Lipinski definition) is 2. The molecule has 0 saturated heterocycles. The molecule has 204 valence electrons. The number of carbonyl (C=O) groups excluding carboxylic acids is 2. The predicted octanol–water partition coefficient (Wildman–Crippen LogP) is 4.44. The van der Waals surface area contributed by atoms with Crippen LogP contribution in [-0.4, -0.2) is 52.8 Å². The Morgan fingerprint density at radius 2 is 1.90 bits per heavy atom. The zero-order valence-corrected chi connectivity index (χ0v) is 22.9. The van der Waals surface area contributed by atoms with Crippen molar-refractivity contribution in [3.05, 3.63) is 74.4 Å². The van der Waals surface area contributed by atoms with Gasteiger partial charge in [-0.1, -0.05) is 27.5 Å². The highest BCUT2D eigenvalue weighted by molar-refractivity contribution is 9.10. The van der Waals surface area contributed by atoms with E-state index in [-0.39, 0.29) is 46.1 Å². The Kier molecular flexibility index (Phi) is 8.02. The average molecular weight is 627 g/mol. The first kappa shape index (κ1) is 28.2. The summed E-state index contributed by atoms with van der Waals surface area (Å²) in [5, 5.41) is 19.8. The summed E-state index contributed by atoms with van der Waals surface area (Å²) < 4.78 is 40.5. The topological polar surface area (TPSA) is 133 Å². The molecule has 0 saturated carbocycles. The predicted molar refractivity (Wildman–Crippen MR) is 138 cm³/mol. The van der Waals surface area contributed by atoms with E-state index in [1.165, 1.54) is 18.3 Å². The molecule has 4 rings (SSSR count). The van der Waals surface area contributed by atoms with E-state index in [1.807, 2.05) is 0 Å². The number of benzene rings is 1. The van der Waals surface area contributed by atoms with Gasteiger partial charge in [-0.3, -0.25) is 9.59 Å². The van der Waals surface area contributed by atoms with Crippen molar-refractivity contribution in [2.45, 2.75) is 39.5 Å². The molecule has 2 N–H and O–H groups in total. The Labute approximate surface area is 232 Å². The van der Waals surface area contributed by atoms with Crippen molar-refractivity contribution >= 4 is 45.0 Å². The number of aromatic nitrogens is 7. The van der Waals surface area contributed by atoms with Gasteiger partial charge in [0.05, 0.1) is 22.0 Å². The second-order valence-electron chi connectivity index (χ2n) is 8.61. The molecule has 16 heteroatoms. The normalized spacial score (nSPS) is 11.6. The lowest BCUT2D eigenvalue weighted by Gasteiger charge is -2.16. The maximum absolute atomic E-state index is 13.6. The van der Waals surface area contributed by atoms with Gasteiger partial charge in [0.1, 0.15) is 12.2 Å². The first-order valence-corrected chi connectivity index (χ1v) is 12.5. The number of nitrogens with zero attached hydrogens (tertiary/aromatic N) is 7. The molecule has 0 radical (unpaired) electrons. The van der Waals surface area contributed by atoms with Crippen LogP contribution < -0.4 is 10.6 Å². The fourth-order valence-electron chi connectivity index (χ4n) is 3.54. The third-order valence-electron chi connectivity index (χ3n) is 5.15. The molecule has 2 amide bonds. The van der Waals surface area contributed by atoms with E-state index in [2.05, 4.69) is 52.1 Å². The van der Waals surface area contributed by atoms with Crippen LogP contribution in [-0.2, 0) is 12.7 Å². The van der Waals surface area contributed by atoms with E-state index in [0.29, 0.717) is 14.8 Å². The van der Waals surface area contributed by atoms with Gasteiger partial charge in [-0.05, 0) is 61.9 Å². The molecule has 0 spiro atoms. The van der Waals surface area contributed by atoms with Crippen LogP contribution in [0.4, 0.5) is 18.9 Å². The van der Waals surface area contributed by atoms with Gasteiger partial charge in [-0.2, -0.15) is 23.1 Å². The molecule has 11 nitrogen and oxygen atoms in total. The van der Waals surface area contributed by atoms with Gasteiger partial charge < -0.3 is 10.6 Å². The fraction of sp³-hybridized carbons (Fsp3) is 0.261. The minimum atomic E-state index is -4.77. The molecule has 3 aromatic heterocycles. The number of pyridine rings is 1. The van der Waals surface area contributed by atoms with Crippen LogP contribution in [0.25, 0.3) is 5.82 Å². The van der Waals surface area contributed by atoms with Crippen molar-refractivity contribution in [2.24, 2.45) is 0 Å². The third kappa shape index (κ3) is 6.42. The number of tetrazole rings is 1. The molecular weight excluding hydrogens is 607 g/mol. The first-order valence-electron chi connectivity index (χ1n) is 11.3. The van der Waals surface area contributed by atoms with Crippen LogP contribution in [0.3, 0.4) is 0 Å². The zero-order chi connectivity index (χ0) is 28.5. The molecule has 0 aliphatic carbocycles. The van der Waals surface area contributed by atoms with Crippen molar-refractivity contribution in [1.82, 2.24) is 40.3 Å². The van der Waals surface area contributed by atoms with Gasteiger partial charge in [-0.25, -0.2) is 9.67 Å². The van der Waals surface area contributed by atoms with E-state index in [9.17, 15) is 22.8 Å². The van der Waals surface area contributed by atoms with E-state index < -0.39 is 23.8 Å². The number of anilines is 1. The van der Waals surface area contributed by atoms with Crippen molar-refractivity contribution in [1.29, 1.82) is 0 Å². The summed E-state index contributed by atoms with van der Waals surface area (Å²) in [6.45, 7) is 5.00. The van der Waals surface area contributed by atoms with Crippen LogP contribution in [0.2, 0.25) is 5.02 Å². The second kappa shape index (κ2) is 11.1. The van der Waals surface area contributed by atoms with Gasteiger partial charge in [0.25, 0.3) is 17.6 Å². The van der Waals surface area contributed by atoms with Crippen LogP contribution in [0.15, 0.2) is 41.0 Å². The molecule has 0 fully saturated rings. The van der Waals surface area contributed by atoms with Crippen molar-refractivity contribution in [3.63, 3.8) is 0 Å². The standard InChI is InChI=1S/C23H20BrClF3N9O2/c1-11(2)30-20(38)15-8-13(24)7-12(3)18(15)31-21(39)17-9-14(10-36-34-22(32-35-36)23(26,27)28)33-37(17)19-16(25)5-4-6-29-19/h4-9,11H,10H2,1-3H3,(H,30,38)(H,31,39). The largest absolute Gasteiger partial charge is 0.455 e. The van der Waals surface area contributed by atoms with Gasteiger partial charge in [0, 0.05) is 16.7 Å². The number of halogens is 5. The molecule has 0 aliphatic heterocycles. The van der Waals surface area contributed by atoms with Gasteiger partial charge in [0.15, 0.2) is 5.82 Å². The molecule has 0 unspecified atom stereocenters. The van der Waals surface area contributed by atoms with E-state index in [1.54, 1.807) is 39.0 Å². The lowest BCUT2D eigenvalue weighted by atomic mass is 10.1. The van der Waals surface area contributed by atoms with E-state index >= 15 is 0 Å². The summed E-state index contributed by atoms with van der Waals surface area (Å²) in [4.78, 5) is 31.3. The minimum absolute atomic E-state index is 0.0562. The highest BCUT2D eigenvalue weighted by Crippen LogP contribution is 2.28. The first-order chi connectivity index (χ1) is 18.3. The number of aryl methyl sites for hydroxylation is 1. The molecule has 0 bridgehead atoms. The maximum Gasteiger partial charge on any atom is 0.455 e. The van der Waals surface area contributed by atoms with Crippen LogP contribution in [0.5, 0.6) is 0 Å². The highest BCUT2D eigenvalue weighted by atomic mass is 79.9. The molecular formula is C23H20BrClF3N9O2. The summed E-state index contributed by atoms with van der Waals surface area (Å²) in [6.07, 6.45) is -3.34. The molecule has 39 heavy (non-hydrogen) atoms. The fourth-order valence-corrected chi connectivity index (χ4v) is 4.31. The third-order valence-corrected chi connectivity index (χ3v) is 5.90. The smallest absolute Gasteiger partial charge is 0.350 e. The van der Waals surface area contributed by atoms with Crippen molar-refractivity contribution in [2.75, 3.05) is 5.32 Å². The highest BCUT2D eigenvalue weighted by Gasteiger charge is 2.37. The van der Waals surface area contributed by atoms with Gasteiger partial charge in [0.2, 0.25) is 0 Å². The average Bonchev–Trinajstić information content (AvgIpc) is 3.48. The Morgan fingerprint density at radius 3 is 2.54 bits per heavy atom. The molecule has 1 aromatic carbocycles. The number of carbonyl (C=O) groups is 2. The van der Waals surface area contributed by atoms with Crippen LogP contribution in [0.1, 0.15) is 51.8 Å². The van der Waals surface area contributed by atoms with E-state index in [4.69, 9.17) is 11.6 Å². The number of nitrogens with one attached hydrogen (secondary N) is 2. The summed E-state index contributed by atoms with van der Waals surface area (Å²) >= 11 is 9.67. The van der Waals surface area contributed by atoms with Gasteiger partial charge >= 0.3 is 6.18 Å². The summed E-state index contributed by atoms with van der Waals surface area (Å²) in [5.41, 5.74) is 1.14. The molecule has 3 heterocycles. The molecule has 0 aliphatic rings. The monoisotopic (exact) mass is 625 g/mol. The van der Waals surface area contributed by atoms with Crippen molar-refractivity contribution in [3.8, 4) is 5.82 Å². The van der Waals surface area contributed by atoms with E-state index in [0.717, 1.165) is 4.68 Å². The van der Waals surface area contributed by atoms with Gasteiger partial charge in [-0.15, -0.1) is 10.2 Å². The zero-order valence-electron chi connectivity index (χ0n) is 20.6. The lowest BCUT2D eigenvalue weighted by Crippen LogP contribution is -2.31. The molecule has 4 aromatic rings. The molecule has 0 atom stereocenters. The number of alkyl halides is 3. The Morgan fingerprint density at radius 1 is 1.15 bits per heavy atom. The SMILES string of the molecule is Cc1cc(Br)cc(C(=O)NC(C)C)c1NC(=O)c1cc(Cn2nnc(C(F)(F)F)n2)nn1-c1ncccc1Cl. The lowest BCUT2D eigenvalue weighted by molar-refractivity contribution is -0.145. The summed E-state index contributed by atoms with van der Waals surface area (Å²) in [6, 6.07) is 7.60. The number of rotatable bonds is 7. The number of amides is 2. The van der Waals surface area contributed by atoms with Crippen LogP contribution in [0, 0.1) is 6.92 Å². The maximum atomic E-state index is 13.6. The summed E-state index contributed by atoms with van der Waals surface area (Å²) in [5.74, 6) is -2.39. The second-order valence-corrected chi connectivity index (χ2v) is 9.93. The quantitative estimate of drug-likeness (QED) is 0.310. The van der Waals surface area contributed by atoms with Crippen molar-refractivity contribution < 1.29 is 22.8 Å².